The maximum absolute atomic E-state index is 12.4. The van der Waals surface area contributed by atoms with Gasteiger partial charge in [-0.2, -0.15) is 13.2 Å². The minimum absolute atomic E-state index is 0.0945. The zero-order chi connectivity index (χ0) is 20.0. The minimum Gasteiger partial charge on any atom is -0.356 e. The van der Waals surface area contributed by atoms with Gasteiger partial charge in [0.2, 0.25) is 5.91 Å². The molecule has 0 atom stereocenters. The van der Waals surface area contributed by atoms with Crippen LogP contribution in [0.15, 0.2) is 29.3 Å². The Morgan fingerprint density at radius 1 is 1.33 bits per heavy atom. The Kier molecular flexibility index (Phi) is 6.95. The SMILES string of the molecule is Cc1cccc2c(=O)n(CCC(=O)NCCCN(C)CC(F)(F)F)cnc12. The Balaban J connectivity index is 1.78. The fourth-order valence-electron chi connectivity index (χ4n) is 2.77. The largest absolute Gasteiger partial charge is 0.401 e. The first-order chi connectivity index (χ1) is 12.7. The third-order valence-corrected chi connectivity index (χ3v) is 4.12. The number of amides is 1. The summed E-state index contributed by atoms with van der Waals surface area (Å²) in [6.45, 7) is 1.60. The van der Waals surface area contributed by atoms with Gasteiger partial charge in [-0.05, 0) is 38.6 Å². The number of hydrogen-bond donors (Lipinski definition) is 1. The Morgan fingerprint density at radius 3 is 2.78 bits per heavy atom. The van der Waals surface area contributed by atoms with E-state index in [4.69, 9.17) is 0 Å². The van der Waals surface area contributed by atoms with Crippen molar-refractivity contribution >= 4 is 16.8 Å². The summed E-state index contributed by atoms with van der Waals surface area (Å²) in [4.78, 5) is 29.8. The number of nitrogens with one attached hydrogen (secondary N) is 1. The number of nitrogens with zero attached hydrogens (tertiary/aromatic N) is 3. The molecule has 0 bridgehead atoms. The van der Waals surface area contributed by atoms with E-state index >= 15 is 0 Å². The van der Waals surface area contributed by atoms with E-state index in [0.29, 0.717) is 17.3 Å². The highest BCUT2D eigenvalue weighted by Gasteiger charge is 2.28. The molecule has 1 aromatic carbocycles. The number of aromatic nitrogens is 2. The second kappa shape index (κ2) is 8.98. The first-order valence-electron chi connectivity index (χ1n) is 8.64. The van der Waals surface area contributed by atoms with Gasteiger partial charge in [0.15, 0.2) is 0 Å². The smallest absolute Gasteiger partial charge is 0.356 e. The second-order valence-corrected chi connectivity index (χ2v) is 6.52. The van der Waals surface area contributed by atoms with Crippen molar-refractivity contribution in [1.82, 2.24) is 19.8 Å². The number of benzene rings is 1. The van der Waals surface area contributed by atoms with Crippen LogP contribution in [0.5, 0.6) is 0 Å². The molecular formula is C18H23F3N4O2. The normalized spacial score (nSPS) is 11.9. The van der Waals surface area contributed by atoms with E-state index in [0.717, 1.165) is 10.5 Å². The Morgan fingerprint density at radius 2 is 2.07 bits per heavy atom. The van der Waals surface area contributed by atoms with Crippen molar-refractivity contribution in [3.63, 3.8) is 0 Å². The number of rotatable bonds is 8. The molecule has 0 aliphatic rings. The minimum atomic E-state index is -4.22. The van der Waals surface area contributed by atoms with Crippen molar-refractivity contribution in [2.24, 2.45) is 0 Å². The maximum Gasteiger partial charge on any atom is 0.401 e. The van der Waals surface area contributed by atoms with Gasteiger partial charge in [-0.15, -0.1) is 0 Å². The molecule has 0 radical (unpaired) electrons. The van der Waals surface area contributed by atoms with Crippen molar-refractivity contribution in [3.05, 3.63) is 40.4 Å². The highest BCUT2D eigenvalue weighted by atomic mass is 19.4. The van der Waals surface area contributed by atoms with Gasteiger partial charge in [0, 0.05) is 19.5 Å². The van der Waals surface area contributed by atoms with Crippen LogP contribution in [0, 0.1) is 6.92 Å². The van der Waals surface area contributed by atoms with E-state index < -0.39 is 12.7 Å². The van der Waals surface area contributed by atoms with Crippen LogP contribution in [0.1, 0.15) is 18.4 Å². The molecule has 0 unspecified atom stereocenters. The zero-order valence-corrected chi connectivity index (χ0v) is 15.3. The van der Waals surface area contributed by atoms with Gasteiger partial charge in [0.05, 0.1) is 23.8 Å². The number of para-hydroxylation sites is 1. The predicted octanol–water partition coefficient (Wildman–Crippen LogP) is 2.10. The van der Waals surface area contributed by atoms with Crippen LogP contribution in [0.3, 0.4) is 0 Å². The number of halogens is 3. The number of hydrogen-bond acceptors (Lipinski definition) is 4. The van der Waals surface area contributed by atoms with Gasteiger partial charge in [-0.3, -0.25) is 19.1 Å². The number of carbonyl (C=O) groups is 1. The molecule has 9 heteroatoms. The Hall–Kier alpha value is -2.42. The molecule has 1 amide bonds. The fourth-order valence-corrected chi connectivity index (χ4v) is 2.77. The van der Waals surface area contributed by atoms with Gasteiger partial charge >= 0.3 is 6.18 Å². The molecule has 1 N–H and O–H groups in total. The molecule has 2 rings (SSSR count). The summed E-state index contributed by atoms with van der Waals surface area (Å²) in [7, 11) is 1.39. The standard InChI is InChI=1S/C18H23F3N4O2/c1-13-5-3-6-14-16(13)23-12-25(17(14)27)10-7-15(26)22-8-4-9-24(2)11-18(19,20)21/h3,5-6,12H,4,7-11H2,1-2H3,(H,22,26). The summed E-state index contributed by atoms with van der Waals surface area (Å²) < 4.78 is 38.0. The van der Waals surface area contributed by atoms with Crippen molar-refractivity contribution in [2.45, 2.75) is 32.5 Å². The molecule has 0 spiro atoms. The Bertz CT molecular complexity index is 849. The lowest BCUT2D eigenvalue weighted by Crippen LogP contribution is -2.34. The highest BCUT2D eigenvalue weighted by Crippen LogP contribution is 2.15. The number of carbonyl (C=O) groups excluding carboxylic acids is 1. The van der Waals surface area contributed by atoms with Crippen molar-refractivity contribution < 1.29 is 18.0 Å². The summed E-state index contributed by atoms with van der Waals surface area (Å²) in [5.41, 5.74) is 1.35. The van der Waals surface area contributed by atoms with E-state index in [1.807, 2.05) is 13.0 Å². The van der Waals surface area contributed by atoms with Crippen molar-refractivity contribution in [2.75, 3.05) is 26.7 Å². The van der Waals surface area contributed by atoms with Crippen LogP contribution in [0.25, 0.3) is 10.9 Å². The summed E-state index contributed by atoms with van der Waals surface area (Å²) in [6, 6.07) is 5.36. The van der Waals surface area contributed by atoms with Crippen LogP contribution >= 0.6 is 0 Å². The van der Waals surface area contributed by atoms with Gasteiger partial charge < -0.3 is 5.32 Å². The summed E-state index contributed by atoms with van der Waals surface area (Å²) in [5.74, 6) is -0.260. The van der Waals surface area contributed by atoms with Gasteiger partial charge in [-0.25, -0.2) is 4.98 Å². The molecule has 0 saturated heterocycles. The first kappa shape index (κ1) is 20.9. The van der Waals surface area contributed by atoms with Gasteiger partial charge in [0.25, 0.3) is 5.56 Å². The quantitative estimate of drug-likeness (QED) is 0.708. The molecule has 6 nitrogen and oxygen atoms in total. The molecule has 2 aromatic rings. The zero-order valence-electron chi connectivity index (χ0n) is 15.3. The molecule has 1 aromatic heterocycles. The molecule has 0 aliphatic heterocycles. The molecular weight excluding hydrogens is 361 g/mol. The second-order valence-electron chi connectivity index (χ2n) is 6.52. The fraction of sp³-hybridized carbons (Fsp3) is 0.500. The van der Waals surface area contributed by atoms with Crippen molar-refractivity contribution in [1.29, 1.82) is 0 Å². The first-order valence-corrected chi connectivity index (χ1v) is 8.64. The average molecular weight is 384 g/mol. The van der Waals surface area contributed by atoms with Crippen LogP contribution in [-0.4, -0.2) is 53.2 Å². The molecule has 0 aliphatic carbocycles. The molecule has 148 valence electrons. The van der Waals surface area contributed by atoms with Crippen LogP contribution in [0.4, 0.5) is 13.2 Å². The van der Waals surface area contributed by atoms with Gasteiger partial charge in [-0.1, -0.05) is 12.1 Å². The molecule has 1 heterocycles. The summed E-state index contributed by atoms with van der Waals surface area (Å²) in [6.07, 6.45) is -2.29. The Labute approximate surface area is 155 Å². The van der Waals surface area contributed by atoms with E-state index in [2.05, 4.69) is 10.3 Å². The lowest BCUT2D eigenvalue weighted by Gasteiger charge is -2.18. The topological polar surface area (TPSA) is 67.2 Å². The molecule has 0 saturated carbocycles. The monoisotopic (exact) mass is 384 g/mol. The summed E-state index contributed by atoms with van der Waals surface area (Å²) in [5, 5.41) is 3.16. The number of fused-ring (bicyclic) bond motifs is 1. The maximum atomic E-state index is 12.4. The highest BCUT2D eigenvalue weighted by molar-refractivity contribution is 5.80. The van der Waals surface area contributed by atoms with E-state index in [-0.39, 0.29) is 37.5 Å². The van der Waals surface area contributed by atoms with Gasteiger partial charge in [0.1, 0.15) is 0 Å². The average Bonchev–Trinajstić information content (AvgIpc) is 2.57. The third-order valence-electron chi connectivity index (χ3n) is 4.12. The van der Waals surface area contributed by atoms with E-state index in [1.54, 1.807) is 12.1 Å². The third kappa shape index (κ3) is 6.35. The lowest BCUT2D eigenvalue weighted by molar-refractivity contribution is -0.143. The predicted molar refractivity (Wildman–Crippen MR) is 96.5 cm³/mol. The van der Waals surface area contributed by atoms with Crippen molar-refractivity contribution in [3.8, 4) is 0 Å². The summed E-state index contributed by atoms with van der Waals surface area (Å²) >= 11 is 0. The molecule has 0 fully saturated rings. The van der Waals surface area contributed by atoms with Crippen LogP contribution in [-0.2, 0) is 11.3 Å². The van der Waals surface area contributed by atoms with E-state index in [1.165, 1.54) is 17.9 Å². The van der Waals surface area contributed by atoms with E-state index in [9.17, 15) is 22.8 Å². The molecule has 27 heavy (non-hydrogen) atoms. The lowest BCUT2D eigenvalue weighted by atomic mass is 10.1. The number of alkyl halides is 3. The number of aryl methyl sites for hydroxylation is 2. The van der Waals surface area contributed by atoms with Crippen LogP contribution in [0.2, 0.25) is 0 Å². The van der Waals surface area contributed by atoms with Crippen LogP contribution < -0.4 is 10.9 Å².